The average molecular weight is 316 g/mol. The largest absolute Gasteiger partial charge is 0.349 e. The van der Waals surface area contributed by atoms with Crippen molar-refractivity contribution in [3.63, 3.8) is 0 Å². The second-order valence-corrected chi connectivity index (χ2v) is 6.12. The molecule has 2 nitrogen and oxygen atoms in total. The van der Waals surface area contributed by atoms with Gasteiger partial charge in [-0.1, -0.05) is 48.9 Å². The van der Waals surface area contributed by atoms with Gasteiger partial charge in [-0.05, 0) is 54.7 Å². The Labute approximate surface area is 137 Å². The van der Waals surface area contributed by atoms with Crippen LogP contribution in [-0.4, -0.2) is 5.91 Å². The maximum atomic E-state index is 12.3. The van der Waals surface area contributed by atoms with Crippen molar-refractivity contribution in [2.75, 3.05) is 0 Å². The highest BCUT2D eigenvalue weighted by molar-refractivity contribution is 6.30. The molecule has 3 heteroatoms. The summed E-state index contributed by atoms with van der Waals surface area (Å²) >= 11 is 5.96. The van der Waals surface area contributed by atoms with Gasteiger partial charge >= 0.3 is 0 Å². The SMILES string of the molecule is CCC(NC(=O)Cc1cccc(Cl)c1)c1ccc(C)c(C)c1. The maximum absolute atomic E-state index is 12.3. The molecule has 0 aromatic heterocycles. The van der Waals surface area contributed by atoms with E-state index in [9.17, 15) is 4.79 Å². The van der Waals surface area contributed by atoms with E-state index in [-0.39, 0.29) is 11.9 Å². The Balaban J connectivity index is 2.06. The minimum absolute atomic E-state index is 0.0207. The second-order valence-electron chi connectivity index (χ2n) is 5.68. The van der Waals surface area contributed by atoms with Gasteiger partial charge in [0.2, 0.25) is 5.91 Å². The van der Waals surface area contributed by atoms with Gasteiger partial charge in [-0.15, -0.1) is 0 Å². The number of carbonyl (C=O) groups is 1. The Bertz CT molecular complexity index is 666. The van der Waals surface area contributed by atoms with E-state index in [1.165, 1.54) is 11.1 Å². The molecule has 0 radical (unpaired) electrons. The predicted molar refractivity (Wildman–Crippen MR) is 92.2 cm³/mol. The summed E-state index contributed by atoms with van der Waals surface area (Å²) in [7, 11) is 0. The molecular formula is C19H22ClNO. The molecule has 1 N–H and O–H groups in total. The fraction of sp³-hybridized carbons (Fsp3) is 0.316. The third kappa shape index (κ3) is 4.35. The van der Waals surface area contributed by atoms with Crippen LogP contribution in [0.2, 0.25) is 5.02 Å². The van der Waals surface area contributed by atoms with Gasteiger partial charge in [0, 0.05) is 5.02 Å². The highest BCUT2D eigenvalue weighted by atomic mass is 35.5. The summed E-state index contributed by atoms with van der Waals surface area (Å²) in [5.74, 6) is 0.0207. The monoisotopic (exact) mass is 315 g/mol. The van der Waals surface area contributed by atoms with Gasteiger partial charge in [0.1, 0.15) is 0 Å². The summed E-state index contributed by atoms with van der Waals surface area (Å²) < 4.78 is 0. The molecule has 0 aliphatic heterocycles. The van der Waals surface area contributed by atoms with E-state index in [1.807, 2.05) is 24.3 Å². The molecule has 0 fully saturated rings. The lowest BCUT2D eigenvalue weighted by Crippen LogP contribution is -2.29. The Morgan fingerprint density at radius 3 is 2.55 bits per heavy atom. The third-order valence-electron chi connectivity index (χ3n) is 3.93. The number of hydrogen-bond acceptors (Lipinski definition) is 1. The summed E-state index contributed by atoms with van der Waals surface area (Å²) in [4.78, 5) is 12.3. The molecule has 0 aliphatic rings. The summed E-state index contributed by atoms with van der Waals surface area (Å²) in [5.41, 5.74) is 4.61. The van der Waals surface area contributed by atoms with Crippen molar-refractivity contribution < 1.29 is 4.79 Å². The van der Waals surface area contributed by atoms with Crippen LogP contribution in [0.4, 0.5) is 0 Å². The Morgan fingerprint density at radius 2 is 1.91 bits per heavy atom. The zero-order valence-corrected chi connectivity index (χ0v) is 14.1. The number of benzene rings is 2. The van der Waals surface area contributed by atoms with Crippen molar-refractivity contribution in [1.29, 1.82) is 0 Å². The molecule has 0 aliphatic carbocycles. The topological polar surface area (TPSA) is 29.1 Å². The van der Waals surface area contributed by atoms with Gasteiger partial charge in [-0.2, -0.15) is 0 Å². The number of aryl methyl sites for hydroxylation is 2. The molecule has 0 spiro atoms. The first-order chi connectivity index (χ1) is 10.5. The first-order valence-corrected chi connectivity index (χ1v) is 7.98. The van der Waals surface area contributed by atoms with Gasteiger partial charge < -0.3 is 5.32 Å². The highest BCUT2D eigenvalue weighted by Crippen LogP contribution is 2.20. The number of rotatable bonds is 5. The van der Waals surface area contributed by atoms with Crippen LogP contribution < -0.4 is 5.32 Å². The van der Waals surface area contributed by atoms with Crippen LogP contribution >= 0.6 is 11.6 Å². The van der Waals surface area contributed by atoms with E-state index >= 15 is 0 Å². The zero-order valence-electron chi connectivity index (χ0n) is 13.3. The summed E-state index contributed by atoms with van der Waals surface area (Å²) in [6.07, 6.45) is 1.21. The maximum Gasteiger partial charge on any atom is 0.224 e. The molecule has 1 atom stereocenters. The van der Waals surface area contributed by atoms with Gasteiger partial charge in [-0.3, -0.25) is 4.79 Å². The third-order valence-corrected chi connectivity index (χ3v) is 4.17. The molecule has 2 aromatic carbocycles. The first kappa shape index (κ1) is 16.6. The van der Waals surface area contributed by atoms with Crippen molar-refractivity contribution in [1.82, 2.24) is 5.32 Å². The number of carbonyl (C=O) groups excluding carboxylic acids is 1. The molecule has 0 saturated carbocycles. The van der Waals surface area contributed by atoms with Crippen LogP contribution in [-0.2, 0) is 11.2 Å². The van der Waals surface area contributed by atoms with E-state index in [0.717, 1.165) is 17.5 Å². The number of halogens is 1. The molecule has 2 rings (SSSR count). The van der Waals surface area contributed by atoms with Crippen molar-refractivity contribution >= 4 is 17.5 Å². The fourth-order valence-corrected chi connectivity index (χ4v) is 2.69. The average Bonchev–Trinajstić information content (AvgIpc) is 2.48. The van der Waals surface area contributed by atoms with Crippen molar-refractivity contribution in [2.45, 2.75) is 39.7 Å². The normalized spacial score (nSPS) is 12.0. The van der Waals surface area contributed by atoms with Crippen LogP contribution in [0, 0.1) is 13.8 Å². The lowest BCUT2D eigenvalue weighted by atomic mass is 9.99. The molecule has 2 aromatic rings. The summed E-state index contributed by atoms with van der Waals surface area (Å²) in [6.45, 7) is 6.27. The zero-order chi connectivity index (χ0) is 16.1. The smallest absolute Gasteiger partial charge is 0.224 e. The minimum atomic E-state index is 0.0207. The van der Waals surface area contributed by atoms with Gasteiger partial charge in [0.15, 0.2) is 0 Å². The highest BCUT2D eigenvalue weighted by Gasteiger charge is 2.13. The van der Waals surface area contributed by atoms with E-state index in [1.54, 1.807) is 0 Å². The molecule has 1 unspecified atom stereocenters. The molecule has 0 bridgehead atoms. The molecule has 1 amide bonds. The summed E-state index contributed by atoms with van der Waals surface area (Å²) in [5, 5.41) is 3.77. The quantitative estimate of drug-likeness (QED) is 0.846. The summed E-state index contributed by atoms with van der Waals surface area (Å²) in [6, 6.07) is 13.8. The molecule has 116 valence electrons. The van der Waals surface area contributed by atoms with E-state index in [2.05, 4.69) is 44.3 Å². The first-order valence-electron chi connectivity index (χ1n) is 7.60. The lowest BCUT2D eigenvalue weighted by Gasteiger charge is -2.18. The van der Waals surface area contributed by atoms with Gasteiger partial charge in [0.25, 0.3) is 0 Å². The fourth-order valence-electron chi connectivity index (χ4n) is 2.48. The predicted octanol–water partition coefficient (Wildman–Crippen LogP) is 4.77. The van der Waals surface area contributed by atoms with Gasteiger partial charge in [0.05, 0.1) is 12.5 Å². The Kier molecular flexibility index (Phi) is 5.62. The number of hydrogen-bond donors (Lipinski definition) is 1. The molecule has 0 heterocycles. The second kappa shape index (κ2) is 7.46. The molecular weight excluding hydrogens is 294 g/mol. The molecule has 0 saturated heterocycles. The Hall–Kier alpha value is -1.80. The standard InChI is InChI=1S/C19H22ClNO/c1-4-18(16-9-8-13(2)14(3)10-16)21-19(22)12-15-6-5-7-17(20)11-15/h5-11,18H,4,12H2,1-3H3,(H,21,22). The minimum Gasteiger partial charge on any atom is -0.349 e. The molecule has 22 heavy (non-hydrogen) atoms. The lowest BCUT2D eigenvalue weighted by molar-refractivity contribution is -0.121. The van der Waals surface area contributed by atoms with Crippen LogP contribution in [0.5, 0.6) is 0 Å². The van der Waals surface area contributed by atoms with Crippen LogP contribution in [0.25, 0.3) is 0 Å². The van der Waals surface area contributed by atoms with Crippen LogP contribution in [0.3, 0.4) is 0 Å². The van der Waals surface area contributed by atoms with E-state index in [4.69, 9.17) is 11.6 Å². The van der Waals surface area contributed by atoms with Crippen molar-refractivity contribution in [3.8, 4) is 0 Å². The number of nitrogens with one attached hydrogen (secondary N) is 1. The van der Waals surface area contributed by atoms with Crippen molar-refractivity contribution in [3.05, 3.63) is 69.7 Å². The Morgan fingerprint density at radius 1 is 1.14 bits per heavy atom. The number of amides is 1. The van der Waals surface area contributed by atoms with E-state index in [0.29, 0.717) is 11.4 Å². The van der Waals surface area contributed by atoms with Crippen molar-refractivity contribution in [2.24, 2.45) is 0 Å². The van der Waals surface area contributed by atoms with Crippen LogP contribution in [0.1, 0.15) is 41.6 Å². The van der Waals surface area contributed by atoms with Gasteiger partial charge in [-0.25, -0.2) is 0 Å². The van der Waals surface area contributed by atoms with Crippen LogP contribution in [0.15, 0.2) is 42.5 Å². The van der Waals surface area contributed by atoms with E-state index < -0.39 is 0 Å².